The molecule has 0 aromatic carbocycles. The van der Waals surface area contributed by atoms with Crippen molar-refractivity contribution in [3.63, 3.8) is 0 Å². The molecule has 0 aromatic rings. The van der Waals surface area contributed by atoms with Crippen LogP contribution in [0.25, 0.3) is 0 Å². The highest BCUT2D eigenvalue weighted by molar-refractivity contribution is 5.80. The third-order valence-corrected chi connectivity index (χ3v) is 22.6. The van der Waals surface area contributed by atoms with Crippen LogP contribution in [0.3, 0.4) is 0 Å². The fourth-order valence-electron chi connectivity index (χ4n) is 15.9. The first-order chi connectivity index (χ1) is 39.8. The molecule has 4 saturated heterocycles. The van der Waals surface area contributed by atoms with Crippen LogP contribution in [0.5, 0.6) is 0 Å². The Morgan fingerprint density at radius 1 is 0.495 bits per heavy atom. The molecule has 13 aliphatic rings. The number of esters is 7. The lowest BCUT2D eigenvalue weighted by atomic mass is 9.47. The molecule has 13 rings (SSSR count). The van der Waals surface area contributed by atoms with E-state index in [1.165, 1.54) is 44.9 Å². The van der Waals surface area contributed by atoms with Crippen LogP contribution in [-0.2, 0) is 76.2 Å². The normalized spacial score (nSPS) is 30.5. The van der Waals surface area contributed by atoms with Gasteiger partial charge in [0.1, 0.15) is 35.1 Å². The van der Waals surface area contributed by atoms with Crippen LogP contribution in [0.1, 0.15) is 311 Å². The lowest BCUT2D eigenvalue weighted by Gasteiger charge is -2.62. The zero-order chi connectivity index (χ0) is 62.7. The fourth-order valence-corrected chi connectivity index (χ4v) is 15.9. The molecule has 0 aromatic heterocycles. The van der Waals surface area contributed by atoms with Crippen molar-refractivity contribution < 1.29 is 81.0 Å². The summed E-state index contributed by atoms with van der Waals surface area (Å²) in [5.41, 5.74) is -2.92. The van der Waals surface area contributed by atoms with Crippen molar-refractivity contribution in [1.29, 1.82) is 0 Å². The van der Waals surface area contributed by atoms with E-state index in [1.54, 1.807) is 27.7 Å². The van der Waals surface area contributed by atoms with Crippen molar-refractivity contribution in [3.05, 3.63) is 0 Å². The van der Waals surface area contributed by atoms with Gasteiger partial charge in [0.15, 0.2) is 6.61 Å². The van der Waals surface area contributed by atoms with E-state index in [9.17, 15) is 38.4 Å². The van der Waals surface area contributed by atoms with Gasteiger partial charge in [-0.25, -0.2) is 9.59 Å². The van der Waals surface area contributed by atoms with E-state index in [0.717, 1.165) is 88.9 Å². The molecule has 9 saturated carbocycles. The van der Waals surface area contributed by atoms with Crippen molar-refractivity contribution in [2.75, 3.05) is 13.4 Å². The van der Waals surface area contributed by atoms with Gasteiger partial charge >= 0.3 is 47.9 Å². The summed E-state index contributed by atoms with van der Waals surface area (Å²) in [4.78, 5) is 96.8. The Kier molecular flexibility index (Phi) is 35.3. The van der Waals surface area contributed by atoms with Gasteiger partial charge in [0.2, 0.25) is 6.79 Å². The molecule has 0 amide bonds. The minimum atomic E-state index is -0.864. The van der Waals surface area contributed by atoms with Gasteiger partial charge in [0.05, 0.1) is 33.5 Å². The van der Waals surface area contributed by atoms with Crippen LogP contribution in [0, 0.1) is 80.8 Å². The van der Waals surface area contributed by atoms with E-state index in [0.29, 0.717) is 55.3 Å². The summed E-state index contributed by atoms with van der Waals surface area (Å²) in [6.07, 6.45) is 20.0. The van der Waals surface area contributed by atoms with E-state index >= 15 is 0 Å². The Bertz CT molecular complexity index is 2370. The predicted octanol–water partition coefficient (Wildman–Crippen LogP) is 18.8. The average molecular weight is 1330 g/mol. The highest BCUT2D eigenvalue weighted by Gasteiger charge is 2.62. The van der Waals surface area contributed by atoms with E-state index in [-0.39, 0.29) is 142 Å². The van der Waals surface area contributed by atoms with E-state index < -0.39 is 53.4 Å². The van der Waals surface area contributed by atoms with E-state index in [4.69, 9.17) is 42.6 Å². The quantitative estimate of drug-likeness (QED) is 0.0707. The third kappa shape index (κ3) is 21.0. The molecule has 4 heterocycles. The number of fused-ring (bicyclic) bond motifs is 2. The summed E-state index contributed by atoms with van der Waals surface area (Å²) >= 11 is 0. The minimum Gasteiger partial charge on any atom is -0.462 e. The van der Waals surface area contributed by atoms with Crippen molar-refractivity contribution in [1.82, 2.24) is 0 Å². The SMILES string of the molecule is C.C.C.C.C.C.C.C.CCC(C)(C)C(=O)OC1(C(C)C)C2CC3CC(C2)CC1C3.CCC(C)(C)C(=O)OCC(=O)OC1C2CC3CC(C2)C(=O)OC1C3.CCC(C)(C)C(=O)OCOC(=O)OC12CC3CC(C1)OC(=O)C(C3)C2.CCC1(OC(=O)C(C)(C)CC)CCCC1. The highest BCUT2D eigenvalue weighted by atomic mass is 16.8. The minimum absolute atomic E-state index is 0. The molecule has 12 bridgehead atoms. The lowest BCUT2D eigenvalue weighted by Crippen LogP contribution is -2.63. The van der Waals surface area contributed by atoms with Gasteiger partial charge in [-0.05, 0) is 232 Å². The molecule has 93 heavy (non-hydrogen) atoms. The highest BCUT2D eigenvalue weighted by Crippen LogP contribution is 2.62. The maximum absolute atomic E-state index is 12.8. The molecule has 9 atom stereocenters. The Labute approximate surface area is 566 Å². The van der Waals surface area contributed by atoms with Crippen molar-refractivity contribution in [2.45, 2.75) is 346 Å². The molecule has 9 unspecified atom stereocenters. The van der Waals surface area contributed by atoms with E-state index in [1.807, 2.05) is 48.5 Å². The zero-order valence-corrected chi connectivity index (χ0v) is 54.6. The molecule has 17 heteroatoms. The molecule has 0 radical (unpaired) electrons. The number of carbonyl (C=O) groups excluding carboxylic acids is 8. The summed E-state index contributed by atoms with van der Waals surface area (Å²) in [7, 11) is 0. The Morgan fingerprint density at radius 2 is 0.968 bits per heavy atom. The van der Waals surface area contributed by atoms with Crippen LogP contribution >= 0.6 is 0 Å². The van der Waals surface area contributed by atoms with Gasteiger partial charge in [0.25, 0.3) is 0 Å². The Balaban J connectivity index is 0. The number of rotatable bonds is 18. The van der Waals surface area contributed by atoms with Crippen LogP contribution in [0.15, 0.2) is 0 Å². The first kappa shape index (κ1) is 90.6. The molecule has 0 spiro atoms. The van der Waals surface area contributed by atoms with Crippen LogP contribution in [-0.4, -0.2) is 96.5 Å². The van der Waals surface area contributed by atoms with Crippen molar-refractivity contribution in [2.24, 2.45) is 80.8 Å². The zero-order valence-electron chi connectivity index (χ0n) is 54.6. The third-order valence-electron chi connectivity index (χ3n) is 22.6. The lowest BCUT2D eigenvalue weighted by molar-refractivity contribution is -0.231. The molecule has 546 valence electrons. The largest absolute Gasteiger partial charge is 0.511 e. The predicted molar refractivity (Wildman–Crippen MR) is 369 cm³/mol. The fraction of sp³-hybridized carbons (Fsp3) is 0.895. The molecule has 13 fully saturated rings. The Hall–Kier alpha value is -4.44. The maximum atomic E-state index is 12.8. The summed E-state index contributed by atoms with van der Waals surface area (Å²) in [6, 6.07) is 0. The second-order valence-corrected chi connectivity index (χ2v) is 30.5. The number of hydrogen-bond acceptors (Lipinski definition) is 17. The molecule has 0 N–H and O–H groups in total. The second kappa shape index (κ2) is 36.2. The van der Waals surface area contributed by atoms with Gasteiger partial charge in [-0.2, -0.15) is 0 Å². The first-order valence-electron chi connectivity index (χ1n) is 33.1. The monoisotopic (exact) mass is 1330 g/mol. The summed E-state index contributed by atoms with van der Waals surface area (Å²) in [5, 5.41) is 0. The standard InChI is InChI=1S/C19H32O2.C18H26O7.C18H26O6.C13H24O2.8CH4/c1-6-18(4,5)17(20)21-19(12(2)3)15-8-13-7-14(10-15)11-16(19)9-13;1-4-17(2,3)15(20)22-10-23-16(21)25-18-7-11-5-12(8-18)14(19)24-13(6-11)9-18;1-4-18(2,3)17(21)22-9-14(19)24-15-11-5-10-6-12(8-11)16(20)23-13(15)7-10;1-5-12(3,4)11(14)15-13(6-2)9-7-8-10-13;;;;;;;;/h12-16H,6-11H2,1-5H3;11-13H,4-10H2,1-3H3;10-13,15H,4-9H2,1-3H3;5-10H2,1-4H3;8*1H4. The number of hydrogen-bond donors (Lipinski definition) is 0. The second-order valence-electron chi connectivity index (χ2n) is 30.5. The summed E-state index contributed by atoms with van der Waals surface area (Å²) in [6.45, 7) is 28.8. The smallest absolute Gasteiger partial charge is 0.462 e. The Morgan fingerprint density at radius 3 is 1.47 bits per heavy atom. The molecule has 4 aliphatic heterocycles. The first-order valence-corrected chi connectivity index (χ1v) is 33.1. The molecule has 9 aliphatic carbocycles. The van der Waals surface area contributed by atoms with Crippen LogP contribution < -0.4 is 0 Å². The van der Waals surface area contributed by atoms with Gasteiger partial charge in [0, 0.05) is 18.8 Å². The molecular weight excluding hydrogens is 1180 g/mol. The van der Waals surface area contributed by atoms with Crippen LogP contribution in [0.4, 0.5) is 4.79 Å². The summed E-state index contributed by atoms with van der Waals surface area (Å²) in [5.74, 6) is 2.52. The van der Waals surface area contributed by atoms with Gasteiger partial charge in [-0.1, -0.05) is 108 Å². The number of ether oxygens (including phenoxy) is 9. The molecular formula is C76H140O17. The maximum Gasteiger partial charge on any atom is 0.511 e. The topological polar surface area (TPSA) is 220 Å². The van der Waals surface area contributed by atoms with Gasteiger partial charge in [-0.3, -0.25) is 28.8 Å². The number of carbonyl (C=O) groups is 8. The van der Waals surface area contributed by atoms with Crippen molar-refractivity contribution >= 4 is 47.9 Å². The van der Waals surface area contributed by atoms with E-state index in [2.05, 4.69) is 27.7 Å². The average Bonchev–Trinajstić information content (AvgIpc) is 1.41. The van der Waals surface area contributed by atoms with Gasteiger partial charge in [-0.15, -0.1) is 0 Å². The van der Waals surface area contributed by atoms with Crippen molar-refractivity contribution in [3.8, 4) is 0 Å². The molecule has 17 nitrogen and oxygen atoms in total. The van der Waals surface area contributed by atoms with Crippen LogP contribution in [0.2, 0.25) is 0 Å². The summed E-state index contributed by atoms with van der Waals surface area (Å²) < 4.78 is 49.3. The van der Waals surface area contributed by atoms with Gasteiger partial charge < -0.3 is 42.6 Å².